The van der Waals surface area contributed by atoms with Crippen LogP contribution in [0.25, 0.3) is 10.2 Å². The highest BCUT2D eigenvalue weighted by Gasteiger charge is 2.11. The number of halogens is 1. The average molecular weight is 417 g/mol. The summed E-state index contributed by atoms with van der Waals surface area (Å²) < 4.78 is 2.28. The zero-order valence-electron chi connectivity index (χ0n) is 14.2. The molecule has 0 radical (unpaired) electrons. The van der Waals surface area contributed by atoms with Gasteiger partial charge in [0, 0.05) is 24.5 Å². The monoisotopic (exact) mass is 416 g/mol. The molecule has 1 heterocycles. The smallest absolute Gasteiger partial charge is 0.222 e. The first-order chi connectivity index (χ1) is 12.1. The fourth-order valence-electron chi connectivity index (χ4n) is 2.74. The van der Waals surface area contributed by atoms with E-state index in [9.17, 15) is 4.79 Å². The van der Waals surface area contributed by atoms with Gasteiger partial charge in [-0.05, 0) is 43.0 Å². The van der Waals surface area contributed by atoms with Crippen molar-refractivity contribution in [3.63, 3.8) is 0 Å². The Labute approximate surface area is 160 Å². The number of aromatic nitrogens is 1. The van der Waals surface area contributed by atoms with Crippen molar-refractivity contribution < 1.29 is 4.79 Å². The lowest BCUT2D eigenvalue weighted by molar-refractivity contribution is -0.130. The van der Waals surface area contributed by atoms with Crippen molar-refractivity contribution in [2.24, 2.45) is 0 Å². The molecule has 3 nitrogen and oxygen atoms in total. The number of unbranched alkanes of at least 4 members (excludes halogenated alkanes) is 1. The van der Waals surface area contributed by atoms with E-state index in [4.69, 9.17) is 0 Å². The lowest BCUT2D eigenvalue weighted by Crippen LogP contribution is -2.26. The van der Waals surface area contributed by atoms with Gasteiger partial charge in [0.1, 0.15) is 0 Å². The van der Waals surface area contributed by atoms with Gasteiger partial charge in [-0.1, -0.05) is 46.3 Å². The summed E-state index contributed by atoms with van der Waals surface area (Å²) in [5.74, 6) is 0.194. The maximum Gasteiger partial charge on any atom is 0.222 e. The third kappa shape index (κ3) is 4.89. The lowest BCUT2D eigenvalue weighted by atomic mass is 10.1. The Bertz CT molecular complexity index is 829. The standard InChI is InChI=1S/C20H21BrN2OS/c1-23(14-15-8-2-3-9-16(15)21)20(24)13-7-6-12-19-22-17-10-4-5-11-18(17)25-19/h2-5,8-11H,6-7,12-14H2,1H3. The first-order valence-electron chi connectivity index (χ1n) is 8.45. The summed E-state index contributed by atoms with van der Waals surface area (Å²) in [4.78, 5) is 18.8. The molecule has 0 atom stereocenters. The van der Waals surface area contributed by atoms with E-state index in [2.05, 4.69) is 33.0 Å². The molecule has 1 amide bonds. The van der Waals surface area contributed by atoms with Crippen LogP contribution in [0.5, 0.6) is 0 Å². The predicted octanol–water partition coefficient (Wildman–Crippen LogP) is 5.43. The van der Waals surface area contributed by atoms with Crippen molar-refractivity contribution in [3.05, 3.63) is 63.6 Å². The second-order valence-corrected chi connectivity index (χ2v) is 8.09. The van der Waals surface area contributed by atoms with Crippen molar-refractivity contribution >= 4 is 43.4 Å². The number of rotatable bonds is 7. The summed E-state index contributed by atoms with van der Waals surface area (Å²) in [6, 6.07) is 16.3. The summed E-state index contributed by atoms with van der Waals surface area (Å²) in [6.45, 7) is 0.637. The summed E-state index contributed by atoms with van der Waals surface area (Å²) in [7, 11) is 1.87. The number of nitrogens with zero attached hydrogens (tertiary/aromatic N) is 2. The van der Waals surface area contributed by atoms with Crippen LogP contribution in [0.2, 0.25) is 0 Å². The minimum Gasteiger partial charge on any atom is -0.341 e. The summed E-state index contributed by atoms with van der Waals surface area (Å²) in [5, 5.41) is 1.16. The molecule has 0 fully saturated rings. The Morgan fingerprint density at radius 1 is 1.12 bits per heavy atom. The molecular formula is C20H21BrN2OS. The highest BCUT2D eigenvalue weighted by atomic mass is 79.9. The predicted molar refractivity (Wildman–Crippen MR) is 108 cm³/mol. The zero-order chi connectivity index (χ0) is 17.6. The molecule has 0 aliphatic heterocycles. The molecule has 0 saturated heterocycles. The number of benzene rings is 2. The molecule has 0 aliphatic carbocycles. The molecule has 0 bridgehead atoms. The fourth-order valence-corrected chi connectivity index (χ4v) is 4.16. The van der Waals surface area contributed by atoms with E-state index >= 15 is 0 Å². The van der Waals surface area contributed by atoms with Crippen LogP contribution in [-0.4, -0.2) is 22.8 Å². The molecule has 1 aromatic heterocycles. The third-order valence-electron chi connectivity index (χ3n) is 4.16. The molecule has 2 aromatic carbocycles. The molecule has 5 heteroatoms. The number of fused-ring (bicyclic) bond motifs is 1. The highest BCUT2D eigenvalue weighted by Crippen LogP contribution is 2.23. The number of hydrogen-bond donors (Lipinski definition) is 0. The molecule has 0 N–H and O–H groups in total. The topological polar surface area (TPSA) is 33.2 Å². The van der Waals surface area contributed by atoms with E-state index in [-0.39, 0.29) is 5.91 Å². The van der Waals surface area contributed by atoms with Gasteiger partial charge >= 0.3 is 0 Å². The minimum absolute atomic E-state index is 0.194. The van der Waals surface area contributed by atoms with Crippen molar-refractivity contribution in [1.82, 2.24) is 9.88 Å². The molecule has 3 aromatic rings. The second kappa shape index (κ2) is 8.59. The molecule has 25 heavy (non-hydrogen) atoms. The summed E-state index contributed by atoms with van der Waals surface area (Å²) in [5.41, 5.74) is 2.21. The fraction of sp³-hybridized carbons (Fsp3) is 0.300. The van der Waals surface area contributed by atoms with Gasteiger partial charge < -0.3 is 4.90 Å². The Morgan fingerprint density at radius 3 is 2.68 bits per heavy atom. The van der Waals surface area contributed by atoms with E-state index in [1.54, 1.807) is 16.2 Å². The Hall–Kier alpha value is -1.72. The Balaban J connectivity index is 1.43. The molecule has 130 valence electrons. The Morgan fingerprint density at radius 2 is 1.88 bits per heavy atom. The van der Waals surface area contributed by atoms with E-state index in [1.165, 1.54) is 4.70 Å². The van der Waals surface area contributed by atoms with Gasteiger partial charge in [-0.25, -0.2) is 4.98 Å². The average Bonchev–Trinajstić information content (AvgIpc) is 3.03. The lowest BCUT2D eigenvalue weighted by Gasteiger charge is -2.18. The van der Waals surface area contributed by atoms with Crippen LogP contribution in [0.3, 0.4) is 0 Å². The summed E-state index contributed by atoms with van der Waals surface area (Å²) >= 11 is 5.29. The van der Waals surface area contributed by atoms with E-state index in [1.807, 2.05) is 43.4 Å². The first-order valence-corrected chi connectivity index (χ1v) is 10.1. The van der Waals surface area contributed by atoms with Crippen LogP contribution in [0, 0.1) is 0 Å². The van der Waals surface area contributed by atoms with Crippen LogP contribution < -0.4 is 0 Å². The van der Waals surface area contributed by atoms with Gasteiger partial charge in [-0.3, -0.25) is 4.79 Å². The minimum atomic E-state index is 0.194. The number of hydrogen-bond acceptors (Lipinski definition) is 3. The number of amides is 1. The third-order valence-corrected chi connectivity index (χ3v) is 6.03. The normalized spacial score (nSPS) is 11.0. The number of carbonyl (C=O) groups excluding carboxylic acids is 1. The van der Waals surface area contributed by atoms with Crippen LogP contribution in [0.15, 0.2) is 53.0 Å². The Kier molecular flexibility index (Phi) is 6.21. The SMILES string of the molecule is CN(Cc1ccccc1Br)C(=O)CCCCc1nc2ccccc2s1. The number of carbonyl (C=O) groups is 1. The second-order valence-electron chi connectivity index (χ2n) is 6.12. The van der Waals surface area contributed by atoms with Crippen LogP contribution in [0.4, 0.5) is 0 Å². The quantitative estimate of drug-likeness (QED) is 0.481. The van der Waals surface area contributed by atoms with E-state index in [0.29, 0.717) is 13.0 Å². The molecule has 0 aliphatic rings. The molecule has 0 saturated carbocycles. The first kappa shape index (κ1) is 18.1. The molecule has 3 rings (SSSR count). The summed E-state index contributed by atoms with van der Waals surface area (Å²) in [6.07, 6.45) is 3.43. The van der Waals surface area contributed by atoms with E-state index < -0.39 is 0 Å². The van der Waals surface area contributed by atoms with Crippen LogP contribution >= 0.6 is 27.3 Å². The zero-order valence-corrected chi connectivity index (χ0v) is 16.6. The van der Waals surface area contributed by atoms with Crippen molar-refractivity contribution in [2.45, 2.75) is 32.2 Å². The van der Waals surface area contributed by atoms with Crippen molar-refractivity contribution in [1.29, 1.82) is 0 Å². The maximum atomic E-state index is 12.3. The molecule has 0 spiro atoms. The molecule has 0 unspecified atom stereocenters. The largest absolute Gasteiger partial charge is 0.341 e. The van der Waals surface area contributed by atoms with Gasteiger partial charge in [0.2, 0.25) is 5.91 Å². The van der Waals surface area contributed by atoms with Gasteiger partial charge in [-0.2, -0.15) is 0 Å². The highest BCUT2D eigenvalue weighted by molar-refractivity contribution is 9.10. The molecular weight excluding hydrogens is 396 g/mol. The van der Waals surface area contributed by atoms with Crippen LogP contribution in [-0.2, 0) is 17.8 Å². The number of para-hydroxylation sites is 1. The van der Waals surface area contributed by atoms with Crippen molar-refractivity contribution in [2.75, 3.05) is 7.05 Å². The van der Waals surface area contributed by atoms with E-state index in [0.717, 1.165) is 39.8 Å². The van der Waals surface area contributed by atoms with Crippen molar-refractivity contribution in [3.8, 4) is 0 Å². The van der Waals surface area contributed by atoms with Gasteiger partial charge in [0.05, 0.1) is 15.2 Å². The maximum absolute atomic E-state index is 12.3. The number of thiazole rings is 1. The van der Waals surface area contributed by atoms with Crippen LogP contribution in [0.1, 0.15) is 29.8 Å². The van der Waals surface area contributed by atoms with Gasteiger partial charge in [-0.15, -0.1) is 11.3 Å². The van der Waals surface area contributed by atoms with Gasteiger partial charge in [0.15, 0.2) is 0 Å². The number of aryl methyl sites for hydroxylation is 1. The van der Waals surface area contributed by atoms with Gasteiger partial charge in [0.25, 0.3) is 0 Å².